The predicted octanol–water partition coefficient (Wildman–Crippen LogP) is 3.79. The van der Waals surface area contributed by atoms with Gasteiger partial charge in [-0.05, 0) is 23.7 Å². The molecular formula is C8H7BrClN3O. The van der Waals surface area contributed by atoms with Crippen LogP contribution in [0.3, 0.4) is 0 Å². The zero-order valence-electron chi connectivity index (χ0n) is 7.15. The molecule has 0 bridgehead atoms. The van der Waals surface area contributed by atoms with Crippen LogP contribution in [0.2, 0.25) is 5.02 Å². The first-order valence-corrected chi connectivity index (χ1v) is 5.00. The lowest BCUT2D eigenvalue weighted by Crippen LogP contribution is -2.00. The molecule has 1 aromatic carbocycles. The first-order valence-electron chi connectivity index (χ1n) is 3.83. The van der Waals surface area contributed by atoms with Gasteiger partial charge in [0.1, 0.15) is 5.75 Å². The SMILES string of the molecule is [N-]=[N+]=NCCOc1ccc(Br)cc1Cl. The van der Waals surface area contributed by atoms with Crippen molar-refractivity contribution >= 4 is 27.5 Å². The van der Waals surface area contributed by atoms with Crippen LogP contribution >= 0.6 is 27.5 Å². The molecule has 14 heavy (non-hydrogen) atoms. The highest BCUT2D eigenvalue weighted by Gasteiger charge is 2.00. The molecule has 0 radical (unpaired) electrons. The van der Waals surface area contributed by atoms with E-state index in [1.54, 1.807) is 12.1 Å². The summed E-state index contributed by atoms with van der Waals surface area (Å²) in [5.74, 6) is 0.586. The highest BCUT2D eigenvalue weighted by Crippen LogP contribution is 2.27. The highest BCUT2D eigenvalue weighted by molar-refractivity contribution is 9.10. The Balaban J connectivity index is 2.54. The molecule has 0 unspecified atom stereocenters. The minimum atomic E-state index is 0.295. The van der Waals surface area contributed by atoms with Gasteiger partial charge in [-0.15, -0.1) is 0 Å². The molecule has 0 aliphatic rings. The molecule has 0 N–H and O–H groups in total. The van der Waals surface area contributed by atoms with Crippen molar-refractivity contribution in [3.63, 3.8) is 0 Å². The van der Waals surface area contributed by atoms with Crippen LogP contribution in [-0.4, -0.2) is 13.2 Å². The minimum absolute atomic E-state index is 0.295. The number of halogens is 2. The van der Waals surface area contributed by atoms with E-state index in [0.717, 1.165) is 4.47 Å². The van der Waals surface area contributed by atoms with Gasteiger partial charge in [-0.3, -0.25) is 0 Å². The number of benzene rings is 1. The molecule has 0 fully saturated rings. The van der Waals surface area contributed by atoms with Gasteiger partial charge in [0.15, 0.2) is 0 Å². The Morgan fingerprint density at radius 2 is 2.36 bits per heavy atom. The third-order valence-electron chi connectivity index (χ3n) is 1.41. The Morgan fingerprint density at radius 1 is 1.57 bits per heavy atom. The largest absolute Gasteiger partial charge is 0.492 e. The Labute approximate surface area is 94.6 Å². The van der Waals surface area contributed by atoms with Gasteiger partial charge in [0.2, 0.25) is 0 Å². The van der Waals surface area contributed by atoms with E-state index >= 15 is 0 Å². The van der Waals surface area contributed by atoms with E-state index in [1.807, 2.05) is 6.07 Å². The quantitative estimate of drug-likeness (QED) is 0.357. The Hall–Kier alpha value is -0.900. The van der Waals surface area contributed by atoms with E-state index in [-0.39, 0.29) is 0 Å². The van der Waals surface area contributed by atoms with Crippen LogP contribution < -0.4 is 4.74 Å². The third kappa shape index (κ3) is 3.46. The van der Waals surface area contributed by atoms with Crippen molar-refractivity contribution in [3.8, 4) is 5.75 Å². The number of azide groups is 1. The van der Waals surface area contributed by atoms with E-state index < -0.39 is 0 Å². The minimum Gasteiger partial charge on any atom is -0.492 e. The number of nitrogens with zero attached hydrogens (tertiary/aromatic N) is 3. The molecule has 1 rings (SSSR count). The van der Waals surface area contributed by atoms with Crippen molar-refractivity contribution in [2.24, 2.45) is 5.11 Å². The van der Waals surface area contributed by atoms with Gasteiger partial charge < -0.3 is 4.74 Å². The summed E-state index contributed by atoms with van der Waals surface area (Å²) in [5.41, 5.74) is 8.02. The zero-order valence-corrected chi connectivity index (χ0v) is 9.49. The molecule has 0 amide bonds. The molecule has 6 heteroatoms. The number of hydrogen-bond acceptors (Lipinski definition) is 2. The standard InChI is InChI=1S/C8H7BrClN3O/c9-6-1-2-8(7(10)5-6)14-4-3-12-13-11/h1-2,5H,3-4H2. The van der Waals surface area contributed by atoms with Gasteiger partial charge in [0, 0.05) is 9.38 Å². The fourth-order valence-corrected chi connectivity index (χ4v) is 1.56. The number of rotatable bonds is 4. The van der Waals surface area contributed by atoms with Gasteiger partial charge in [0.05, 0.1) is 18.2 Å². The Kier molecular flexibility index (Phi) is 4.59. The van der Waals surface area contributed by atoms with Gasteiger partial charge in [0.25, 0.3) is 0 Å². The van der Waals surface area contributed by atoms with E-state index in [2.05, 4.69) is 26.0 Å². The normalized spacial score (nSPS) is 9.29. The second-order valence-electron chi connectivity index (χ2n) is 2.38. The summed E-state index contributed by atoms with van der Waals surface area (Å²) in [4.78, 5) is 2.61. The molecule has 0 aliphatic heterocycles. The third-order valence-corrected chi connectivity index (χ3v) is 2.19. The molecular weight excluding hydrogens is 269 g/mol. The summed E-state index contributed by atoms with van der Waals surface area (Å²) in [6, 6.07) is 5.32. The van der Waals surface area contributed by atoms with Gasteiger partial charge in [-0.1, -0.05) is 32.6 Å². The Bertz CT molecular complexity index is 366. The molecule has 4 nitrogen and oxygen atoms in total. The molecule has 0 aromatic heterocycles. The fourth-order valence-electron chi connectivity index (χ4n) is 0.833. The zero-order chi connectivity index (χ0) is 10.4. The van der Waals surface area contributed by atoms with Gasteiger partial charge in [-0.25, -0.2) is 0 Å². The van der Waals surface area contributed by atoms with E-state index in [9.17, 15) is 0 Å². The lowest BCUT2D eigenvalue weighted by atomic mass is 10.3. The van der Waals surface area contributed by atoms with Gasteiger partial charge >= 0.3 is 0 Å². The summed E-state index contributed by atoms with van der Waals surface area (Å²) in [6.07, 6.45) is 0. The van der Waals surface area contributed by atoms with Crippen LogP contribution in [0.25, 0.3) is 10.4 Å². The summed E-state index contributed by atoms with van der Waals surface area (Å²) in [5, 5.41) is 3.87. The van der Waals surface area contributed by atoms with Crippen LogP contribution in [0.15, 0.2) is 27.8 Å². The molecule has 0 aliphatic carbocycles. The van der Waals surface area contributed by atoms with Crippen molar-refractivity contribution in [1.82, 2.24) is 0 Å². The molecule has 0 heterocycles. The molecule has 1 aromatic rings. The van der Waals surface area contributed by atoms with Crippen molar-refractivity contribution in [3.05, 3.63) is 38.1 Å². The summed E-state index contributed by atoms with van der Waals surface area (Å²) in [6.45, 7) is 0.619. The average Bonchev–Trinajstić information content (AvgIpc) is 2.15. The summed E-state index contributed by atoms with van der Waals surface area (Å²) < 4.78 is 6.17. The van der Waals surface area contributed by atoms with Crippen molar-refractivity contribution < 1.29 is 4.74 Å². The van der Waals surface area contributed by atoms with E-state index in [4.69, 9.17) is 21.9 Å². The molecule has 0 atom stereocenters. The fraction of sp³-hybridized carbons (Fsp3) is 0.250. The number of ether oxygens (including phenoxy) is 1. The average molecular weight is 277 g/mol. The summed E-state index contributed by atoms with van der Waals surface area (Å²) >= 11 is 9.17. The van der Waals surface area contributed by atoms with Crippen molar-refractivity contribution in [2.75, 3.05) is 13.2 Å². The summed E-state index contributed by atoms with van der Waals surface area (Å²) in [7, 11) is 0. The topological polar surface area (TPSA) is 58.0 Å². The lowest BCUT2D eigenvalue weighted by Gasteiger charge is -2.05. The molecule has 0 saturated carbocycles. The second kappa shape index (κ2) is 5.75. The van der Waals surface area contributed by atoms with Crippen LogP contribution in [-0.2, 0) is 0 Å². The second-order valence-corrected chi connectivity index (χ2v) is 3.70. The van der Waals surface area contributed by atoms with E-state index in [1.165, 1.54) is 0 Å². The van der Waals surface area contributed by atoms with Crippen LogP contribution in [0.1, 0.15) is 0 Å². The first-order chi connectivity index (χ1) is 6.74. The van der Waals surface area contributed by atoms with Crippen LogP contribution in [0.5, 0.6) is 5.75 Å². The predicted molar refractivity (Wildman–Crippen MR) is 58.7 cm³/mol. The van der Waals surface area contributed by atoms with E-state index in [0.29, 0.717) is 23.9 Å². The van der Waals surface area contributed by atoms with Crippen molar-refractivity contribution in [2.45, 2.75) is 0 Å². The Morgan fingerprint density at radius 3 is 3.00 bits per heavy atom. The maximum absolute atomic E-state index is 8.02. The van der Waals surface area contributed by atoms with Crippen LogP contribution in [0.4, 0.5) is 0 Å². The monoisotopic (exact) mass is 275 g/mol. The lowest BCUT2D eigenvalue weighted by molar-refractivity contribution is 0.328. The number of hydrogen-bond donors (Lipinski definition) is 0. The highest BCUT2D eigenvalue weighted by atomic mass is 79.9. The smallest absolute Gasteiger partial charge is 0.137 e. The van der Waals surface area contributed by atoms with Crippen molar-refractivity contribution in [1.29, 1.82) is 0 Å². The molecule has 0 saturated heterocycles. The van der Waals surface area contributed by atoms with Crippen LogP contribution in [0, 0.1) is 0 Å². The maximum Gasteiger partial charge on any atom is 0.137 e. The first kappa shape index (κ1) is 11.2. The molecule has 0 spiro atoms. The molecule has 74 valence electrons. The maximum atomic E-state index is 8.02. The van der Waals surface area contributed by atoms with Gasteiger partial charge in [-0.2, -0.15) is 0 Å².